The lowest BCUT2D eigenvalue weighted by Crippen LogP contribution is -2.24. The van der Waals surface area contributed by atoms with E-state index in [1.54, 1.807) is 11.3 Å². The Bertz CT molecular complexity index is 537. The molecule has 1 nitrogen and oxygen atoms in total. The highest BCUT2D eigenvalue weighted by molar-refractivity contribution is 9.11. The maximum Gasteiger partial charge on any atom is 0.0916 e. The summed E-state index contributed by atoms with van der Waals surface area (Å²) in [5.74, 6) is 0. The number of halogens is 1. The number of hydrogen-bond acceptors (Lipinski definition) is 2. The van der Waals surface area contributed by atoms with Gasteiger partial charge in [-0.25, -0.2) is 0 Å². The summed E-state index contributed by atoms with van der Waals surface area (Å²) in [4.78, 5) is 1.19. The lowest BCUT2D eigenvalue weighted by atomic mass is 9.89. The van der Waals surface area contributed by atoms with Crippen molar-refractivity contribution in [2.24, 2.45) is 0 Å². The van der Waals surface area contributed by atoms with Crippen LogP contribution in [0.15, 0.2) is 34.1 Å². The Morgan fingerprint density at radius 2 is 1.78 bits per heavy atom. The zero-order valence-electron chi connectivity index (χ0n) is 10.8. The van der Waals surface area contributed by atoms with Crippen LogP contribution in [0.3, 0.4) is 0 Å². The molecule has 0 saturated heterocycles. The molecule has 1 unspecified atom stereocenters. The van der Waals surface area contributed by atoms with E-state index in [9.17, 15) is 5.11 Å². The molecule has 0 aliphatic heterocycles. The van der Waals surface area contributed by atoms with E-state index in [1.165, 1.54) is 16.0 Å². The second-order valence-electron chi connectivity index (χ2n) is 5.03. The van der Waals surface area contributed by atoms with Gasteiger partial charge >= 0.3 is 0 Å². The summed E-state index contributed by atoms with van der Waals surface area (Å²) in [7, 11) is 0. The Balaban J connectivity index is 2.29. The number of thiophene rings is 1. The molecule has 0 aliphatic carbocycles. The highest BCUT2D eigenvalue weighted by atomic mass is 79.9. The van der Waals surface area contributed by atoms with Crippen molar-refractivity contribution in [1.82, 2.24) is 0 Å². The predicted octanol–water partition coefficient (Wildman–Crippen LogP) is 4.58. The number of aliphatic hydroxyl groups is 1. The summed E-state index contributed by atoms with van der Waals surface area (Å²) in [6, 6.07) is 10.3. The van der Waals surface area contributed by atoms with Gasteiger partial charge in [0.1, 0.15) is 0 Å². The second-order valence-corrected chi connectivity index (χ2v) is 7.58. The molecule has 0 aliphatic rings. The van der Waals surface area contributed by atoms with Crippen LogP contribution in [0.5, 0.6) is 0 Å². The average Bonchev–Trinajstić information content (AvgIpc) is 2.61. The fourth-order valence-corrected chi connectivity index (χ4v) is 3.81. The van der Waals surface area contributed by atoms with Gasteiger partial charge in [0.25, 0.3) is 0 Å². The Morgan fingerprint density at radius 3 is 2.28 bits per heavy atom. The molecule has 18 heavy (non-hydrogen) atoms. The van der Waals surface area contributed by atoms with Crippen LogP contribution in [-0.4, -0.2) is 5.11 Å². The average molecular weight is 325 g/mol. The van der Waals surface area contributed by atoms with E-state index < -0.39 is 5.60 Å². The highest BCUT2D eigenvalue weighted by Gasteiger charge is 2.24. The van der Waals surface area contributed by atoms with E-state index >= 15 is 0 Å². The molecule has 0 bridgehead atoms. The van der Waals surface area contributed by atoms with E-state index in [0.29, 0.717) is 6.42 Å². The maximum atomic E-state index is 10.7. The molecule has 3 heteroatoms. The molecule has 1 N–H and O–H groups in total. The molecule has 0 amide bonds. The zero-order valence-corrected chi connectivity index (χ0v) is 13.2. The fraction of sp³-hybridized carbons (Fsp3) is 0.333. The third-order valence-electron chi connectivity index (χ3n) is 2.99. The van der Waals surface area contributed by atoms with Crippen LogP contribution in [-0.2, 0) is 12.0 Å². The first-order chi connectivity index (χ1) is 8.37. The quantitative estimate of drug-likeness (QED) is 0.876. The van der Waals surface area contributed by atoms with Crippen molar-refractivity contribution in [1.29, 1.82) is 0 Å². The van der Waals surface area contributed by atoms with E-state index in [2.05, 4.69) is 54.0 Å². The summed E-state index contributed by atoms with van der Waals surface area (Å²) in [6.45, 7) is 6.01. The topological polar surface area (TPSA) is 20.2 Å². The fourth-order valence-electron chi connectivity index (χ4n) is 2.17. The first-order valence-corrected chi connectivity index (χ1v) is 7.53. The second kappa shape index (κ2) is 5.16. The van der Waals surface area contributed by atoms with Gasteiger partial charge in [-0.3, -0.25) is 0 Å². The van der Waals surface area contributed by atoms with Gasteiger partial charge in [0, 0.05) is 11.3 Å². The molecule has 0 saturated carbocycles. The number of benzene rings is 1. The summed E-state index contributed by atoms with van der Waals surface area (Å²) in [6.07, 6.45) is 0.645. The summed E-state index contributed by atoms with van der Waals surface area (Å²) in [5.41, 5.74) is 2.56. The molecule has 2 rings (SSSR count). The van der Waals surface area contributed by atoms with Gasteiger partial charge in [-0.2, -0.15) is 0 Å². The van der Waals surface area contributed by atoms with Gasteiger partial charge in [0.2, 0.25) is 0 Å². The van der Waals surface area contributed by atoms with Gasteiger partial charge in [-0.05, 0) is 54.4 Å². The van der Waals surface area contributed by atoms with E-state index in [0.717, 1.165) is 9.35 Å². The lowest BCUT2D eigenvalue weighted by molar-refractivity contribution is 0.0583. The van der Waals surface area contributed by atoms with Crippen molar-refractivity contribution in [3.05, 3.63) is 55.7 Å². The predicted molar refractivity (Wildman–Crippen MR) is 81.2 cm³/mol. The third-order valence-corrected chi connectivity index (χ3v) is 4.61. The molecule has 0 fully saturated rings. The van der Waals surface area contributed by atoms with Crippen molar-refractivity contribution in [2.45, 2.75) is 32.8 Å². The molecule has 0 spiro atoms. The van der Waals surface area contributed by atoms with Gasteiger partial charge < -0.3 is 5.11 Å². The Morgan fingerprint density at radius 1 is 1.17 bits per heavy atom. The van der Waals surface area contributed by atoms with Crippen LogP contribution in [0.1, 0.15) is 28.5 Å². The van der Waals surface area contributed by atoms with Crippen LogP contribution in [0.25, 0.3) is 0 Å². The lowest BCUT2D eigenvalue weighted by Gasteiger charge is -2.24. The third kappa shape index (κ3) is 3.22. The molecule has 1 aromatic carbocycles. The summed E-state index contributed by atoms with van der Waals surface area (Å²) >= 11 is 5.13. The normalized spacial score (nSPS) is 14.5. The molecular weight excluding hydrogens is 308 g/mol. The largest absolute Gasteiger partial charge is 0.385 e. The van der Waals surface area contributed by atoms with Gasteiger partial charge in [0.05, 0.1) is 9.39 Å². The smallest absolute Gasteiger partial charge is 0.0916 e. The molecular formula is C15H17BrOS. The van der Waals surface area contributed by atoms with E-state index in [-0.39, 0.29) is 0 Å². The molecule has 96 valence electrons. The first-order valence-electron chi connectivity index (χ1n) is 5.92. The minimum absolute atomic E-state index is 0.645. The van der Waals surface area contributed by atoms with Crippen molar-refractivity contribution in [2.75, 3.05) is 0 Å². The van der Waals surface area contributed by atoms with Crippen LogP contribution >= 0.6 is 27.3 Å². The Labute approximate surface area is 121 Å². The monoisotopic (exact) mass is 324 g/mol. The number of aryl methyl sites for hydroxylation is 2. The summed E-state index contributed by atoms with van der Waals surface area (Å²) < 4.78 is 1.11. The number of rotatable bonds is 3. The molecule has 2 aromatic rings. The van der Waals surface area contributed by atoms with Gasteiger partial charge in [-0.1, -0.05) is 29.3 Å². The Kier molecular flexibility index (Phi) is 3.95. The van der Waals surface area contributed by atoms with Crippen LogP contribution in [0.2, 0.25) is 0 Å². The maximum absolute atomic E-state index is 10.7. The van der Waals surface area contributed by atoms with Gasteiger partial charge in [-0.15, -0.1) is 11.3 Å². The molecule has 1 heterocycles. The van der Waals surface area contributed by atoms with Crippen molar-refractivity contribution >= 4 is 27.3 Å². The van der Waals surface area contributed by atoms with E-state index in [4.69, 9.17) is 0 Å². The first kappa shape index (κ1) is 13.8. The van der Waals surface area contributed by atoms with Crippen molar-refractivity contribution < 1.29 is 5.11 Å². The minimum Gasteiger partial charge on any atom is -0.385 e. The van der Waals surface area contributed by atoms with Crippen LogP contribution < -0.4 is 0 Å². The SMILES string of the molecule is Cc1cc(C)cc(C(C)(O)Cc2ccc(Br)s2)c1. The van der Waals surface area contributed by atoms with Crippen LogP contribution in [0, 0.1) is 13.8 Å². The standard InChI is InChI=1S/C15H17BrOS/c1-10-6-11(2)8-12(7-10)15(3,17)9-13-4-5-14(16)18-13/h4-8,17H,9H2,1-3H3. The highest BCUT2D eigenvalue weighted by Crippen LogP contribution is 2.31. The number of hydrogen-bond donors (Lipinski definition) is 1. The molecule has 1 aromatic heterocycles. The summed E-state index contributed by atoms with van der Waals surface area (Å²) in [5, 5.41) is 10.7. The molecule has 0 radical (unpaired) electrons. The van der Waals surface area contributed by atoms with Crippen LogP contribution in [0.4, 0.5) is 0 Å². The van der Waals surface area contributed by atoms with Crippen molar-refractivity contribution in [3.8, 4) is 0 Å². The zero-order chi connectivity index (χ0) is 13.3. The van der Waals surface area contributed by atoms with Gasteiger partial charge in [0.15, 0.2) is 0 Å². The minimum atomic E-state index is -0.818. The Hall–Kier alpha value is -0.640. The molecule has 1 atom stereocenters. The van der Waals surface area contributed by atoms with E-state index in [1.807, 2.05) is 13.0 Å². The van der Waals surface area contributed by atoms with Crippen molar-refractivity contribution in [3.63, 3.8) is 0 Å².